The van der Waals surface area contributed by atoms with Crippen molar-refractivity contribution in [2.45, 2.75) is 4.84 Å². The van der Waals surface area contributed by atoms with E-state index in [0.717, 1.165) is 5.56 Å². The lowest BCUT2D eigenvalue weighted by Crippen LogP contribution is -2.18. The molecule has 0 aliphatic rings. The Hall–Kier alpha value is -1.72. The molecule has 25 heavy (non-hydrogen) atoms. The largest absolute Gasteiger partial charge is 0.356 e. The van der Waals surface area contributed by atoms with Gasteiger partial charge in [-0.05, 0) is 36.4 Å². The number of anilines is 1. The first-order chi connectivity index (χ1) is 12.0. The van der Waals surface area contributed by atoms with Gasteiger partial charge in [-0.15, -0.1) is 0 Å². The molecule has 0 atom stereocenters. The quantitative estimate of drug-likeness (QED) is 0.527. The molecule has 3 aromatic rings. The molecule has 4 nitrogen and oxygen atoms in total. The van der Waals surface area contributed by atoms with Gasteiger partial charge in [0.15, 0.2) is 10.6 Å². The van der Waals surface area contributed by atoms with Crippen LogP contribution in [0.1, 0.15) is 0 Å². The molecule has 1 heterocycles. The van der Waals surface area contributed by atoms with Gasteiger partial charge in [0.1, 0.15) is 5.69 Å². The minimum absolute atomic E-state index is 0.488. The molecule has 0 unspecified atom stereocenters. The number of nitrogens with zero attached hydrogens (tertiary/aromatic N) is 1. The maximum atomic E-state index is 11.5. The van der Waals surface area contributed by atoms with Gasteiger partial charge in [0.25, 0.3) is 5.91 Å². The van der Waals surface area contributed by atoms with Crippen molar-refractivity contribution in [3.63, 3.8) is 0 Å². The maximum Gasteiger partial charge on any atom is 0.257 e. The zero-order valence-electron chi connectivity index (χ0n) is 12.5. The Balaban J connectivity index is 1.84. The third kappa shape index (κ3) is 4.10. The number of carbonyl (C=O) groups excluding carboxylic acids is 1. The average Bonchev–Trinajstić information content (AvgIpc) is 3.05. The van der Waals surface area contributed by atoms with Gasteiger partial charge in [-0.25, -0.2) is 0 Å². The smallest absolute Gasteiger partial charge is 0.257 e. The van der Waals surface area contributed by atoms with Crippen molar-refractivity contribution in [2.75, 3.05) is 5.32 Å². The van der Waals surface area contributed by atoms with E-state index in [9.17, 15) is 4.79 Å². The normalized spacial score (nSPS) is 10.9. The summed E-state index contributed by atoms with van der Waals surface area (Å²) in [6.07, 6.45) is 0. The Bertz CT molecular complexity index is 887. The summed E-state index contributed by atoms with van der Waals surface area (Å²) < 4.78 is 5.38. The van der Waals surface area contributed by atoms with Crippen LogP contribution in [-0.2, 0) is 4.79 Å². The number of benzene rings is 2. The predicted octanol–water partition coefficient (Wildman–Crippen LogP) is 6.06. The van der Waals surface area contributed by atoms with E-state index in [0.29, 0.717) is 32.8 Å². The first-order valence-electron chi connectivity index (χ1n) is 7.06. The second-order valence-electron chi connectivity index (χ2n) is 5.04. The molecular formula is C17H10Cl4N2O2. The Kier molecular flexibility index (Phi) is 5.54. The molecule has 3 rings (SSSR count). The first-order valence-corrected chi connectivity index (χ1v) is 8.69. The van der Waals surface area contributed by atoms with Crippen LogP contribution in [0, 0.1) is 0 Å². The number of carbonyl (C=O) groups is 1. The van der Waals surface area contributed by atoms with Crippen molar-refractivity contribution in [1.29, 1.82) is 0 Å². The van der Waals surface area contributed by atoms with E-state index in [1.807, 2.05) is 0 Å². The summed E-state index contributed by atoms with van der Waals surface area (Å²) in [5.41, 5.74) is 2.48. The van der Waals surface area contributed by atoms with Crippen LogP contribution in [0.4, 0.5) is 5.69 Å². The number of aromatic nitrogens is 1. The molecule has 0 fully saturated rings. The maximum absolute atomic E-state index is 11.5. The summed E-state index contributed by atoms with van der Waals surface area (Å²) in [7, 11) is 0. The lowest BCUT2D eigenvalue weighted by Gasteiger charge is -2.05. The summed E-state index contributed by atoms with van der Waals surface area (Å²) in [6.45, 7) is 0. The topological polar surface area (TPSA) is 55.1 Å². The molecule has 0 aliphatic heterocycles. The van der Waals surface area contributed by atoms with Crippen molar-refractivity contribution < 1.29 is 9.32 Å². The third-order valence-electron chi connectivity index (χ3n) is 3.36. The van der Waals surface area contributed by atoms with Gasteiger partial charge >= 0.3 is 0 Å². The second kappa shape index (κ2) is 7.67. The van der Waals surface area contributed by atoms with E-state index in [-0.39, 0.29) is 0 Å². The average molecular weight is 416 g/mol. The van der Waals surface area contributed by atoms with Crippen LogP contribution >= 0.6 is 46.4 Å². The molecular weight excluding hydrogens is 406 g/mol. The highest BCUT2D eigenvalue weighted by Crippen LogP contribution is 2.35. The summed E-state index contributed by atoms with van der Waals surface area (Å²) >= 11 is 23.4. The highest BCUT2D eigenvalue weighted by Gasteiger charge is 2.15. The zero-order chi connectivity index (χ0) is 18.0. The molecule has 1 amide bonds. The van der Waals surface area contributed by atoms with E-state index in [4.69, 9.17) is 50.9 Å². The monoisotopic (exact) mass is 414 g/mol. The highest BCUT2D eigenvalue weighted by atomic mass is 35.5. The van der Waals surface area contributed by atoms with Crippen LogP contribution in [0.5, 0.6) is 0 Å². The number of hydrogen-bond donors (Lipinski definition) is 1. The number of rotatable bonds is 4. The van der Waals surface area contributed by atoms with Crippen molar-refractivity contribution in [3.05, 3.63) is 58.6 Å². The Morgan fingerprint density at radius 3 is 2.28 bits per heavy atom. The first kappa shape index (κ1) is 18.1. The Morgan fingerprint density at radius 2 is 1.68 bits per heavy atom. The van der Waals surface area contributed by atoms with Crippen molar-refractivity contribution in [3.8, 4) is 22.6 Å². The van der Waals surface area contributed by atoms with E-state index < -0.39 is 10.7 Å². The Morgan fingerprint density at radius 1 is 1.04 bits per heavy atom. The minimum Gasteiger partial charge on any atom is -0.356 e. The second-order valence-corrected chi connectivity index (χ2v) is 6.95. The van der Waals surface area contributed by atoms with Crippen molar-refractivity contribution in [1.82, 2.24) is 5.16 Å². The molecule has 0 saturated heterocycles. The zero-order valence-corrected chi connectivity index (χ0v) is 15.5. The molecule has 1 N–H and O–H groups in total. The van der Waals surface area contributed by atoms with Gasteiger partial charge < -0.3 is 9.84 Å². The van der Waals surface area contributed by atoms with Gasteiger partial charge in [0.05, 0.1) is 10.0 Å². The van der Waals surface area contributed by atoms with Crippen LogP contribution in [-0.4, -0.2) is 15.9 Å². The number of alkyl halides is 2. The molecule has 0 aliphatic carbocycles. The van der Waals surface area contributed by atoms with Crippen LogP contribution in [0.2, 0.25) is 10.0 Å². The predicted molar refractivity (Wildman–Crippen MR) is 102 cm³/mol. The fourth-order valence-electron chi connectivity index (χ4n) is 2.19. The van der Waals surface area contributed by atoms with Crippen LogP contribution in [0.25, 0.3) is 22.6 Å². The molecule has 0 radical (unpaired) electrons. The molecule has 0 spiro atoms. The molecule has 0 saturated carbocycles. The third-order valence-corrected chi connectivity index (χ3v) is 4.39. The number of hydrogen-bond acceptors (Lipinski definition) is 3. The molecule has 8 heteroatoms. The fraction of sp³-hybridized carbons (Fsp3) is 0.0588. The summed E-state index contributed by atoms with van der Waals surface area (Å²) in [4.78, 5) is 10.3. The minimum atomic E-state index is -1.13. The van der Waals surface area contributed by atoms with E-state index in [2.05, 4.69) is 10.5 Å². The lowest BCUT2D eigenvalue weighted by molar-refractivity contribution is -0.114. The van der Waals surface area contributed by atoms with Gasteiger partial charge in [-0.2, -0.15) is 0 Å². The molecule has 0 bridgehead atoms. The van der Waals surface area contributed by atoms with Crippen LogP contribution in [0.15, 0.2) is 53.1 Å². The van der Waals surface area contributed by atoms with Crippen LogP contribution in [0.3, 0.4) is 0 Å². The van der Waals surface area contributed by atoms with Gasteiger partial charge in [0.2, 0.25) is 0 Å². The summed E-state index contributed by atoms with van der Waals surface area (Å²) in [5.74, 6) is 0.0443. The number of amides is 1. The van der Waals surface area contributed by atoms with E-state index in [1.165, 1.54) is 0 Å². The number of nitrogens with one attached hydrogen (secondary N) is 1. The molecule has 1 aromatic heterocycles. The van der Waals surface area contributed by atoms with Gasteiger partial charge in [0, 0.05) is 22.9 Å². The lowest BCUT2D eigenvalue weighted by atomic mass is 10.1. The van der Waals surface area contributed by atoms with Crippen LogP contribution < -0.4 is 5.32 Å². The standard InChI is InChI=1S/C17H10Cl4N2O2/c18-11-2-1-3-12(19)15(11)13-8-14(25-23-13)9-4-6-10(7-5-9)22-17(24)16(20)21/h1-8,16H,(H,22,24). The van der Waals surface area contributed by atoms with Crippen molar-refractivity contribution in [2.24, 2.45) is 0 Å². The molecule has 2 aromatic carbocycles. The van der Waals surface area contributed by atoms with E-state index in [1.54, 1.807) is 48.5 Å². The van der Waals surface area contributed by atoms with Gasteiger partial charge in [-0.3, -0.25) is 4.79 Å². The number of halogens is 4. The summed E-state index contributed by atoms with van der Waals surface area (Å²) in [6, 6.07) is 13.9. The summed E-state index contributed by atoms with van der Waals surface area (Å²) in [5, 5.41) is 7.59. The fourth-order valence-corrected chi connectivity index (χ4v) is 2.89. The van der Waals surface area contributed by atoms with Crippen molar-refractivity contribution >= 4 is 58.0 Å². The van der Waals surface area contributed by atoms with E-state index >= 15 is 0 Å². The van der Waals surface area contributed by atoms with Gasteiger partial charge in [-0.1, -0.05) is 57.6 Å². The highest BCUT2D eigenvalue weighted by molar-refractivity contribution is 6.54. The Labute approximate surface area is 163 Å². The SMILES string of the molecule is O=C(Nc1ccc(-c2cc(-c3c(Cl)cccc3Cl)no2)cc1)C(Cl)Cl. The molecule has 128 valence electrons.